The van der Waals surface area contributed by atoms with Crippen LogP contribution in [-0.2, 0) is 26.4 Å². The minimum Gasteiger partial charge on any atom is -0.299 e. The molecule has 1 aromatic carbocycles. The van der Waals surface area contributed by atoms with E-state index in [4.69, 9.17) is 0 Å². The Kier molecular flexibility index (Phi) is 6.27. The predicted octanol–water partition coefficient (Wildman–Crippen LogP) is 0.632. The van der Waals surface area contributed by atoms with Gasteiger partial charge in [0.2, 0.25) is 10.0 Å². The fourth-order valence-corrected chi connectivity index (χ4v) is 5.84. The van der Waals surface area contributed by atoms with E-state index in [1.807, 2.05) is 12.1 Å². The van der Waals surface area contributed by atoms with Crippen molar-refractivity contribution in [3.63, 3.8) is 0 Å². The Hall–Kier alpha value is -1.00. The molecule has 1 aromatic rings. The van der Waals surface area contributed by atoms with Crippen molar-refractivity contribution < 1.29 is 16.8 Å². The molecule has 0 bridgehead atoms. The van der Waals surface area contributed by atoms with Crippen LogP contribution in [-0.4, -0.2) is 88.8 Å². The van der Waals surface area contributed by atoms with Gasteiger partial charge in [0, 0.05) is 45.0 Å². The molecular formula is C18H29N3O4S2. The van der Waals surface area contributed by atoms with Gasteiger partial charge in [-0.15, -0.1) is 0 Å². The van der Waals surface area contributed by atoms with Crippen molar-refractivity contribution in [3.05, 3.63) is 29.8 Å². The van der Waals surface area contributed by atoms with E-state index in [1.54, 1.807) is 16.4 Å². The molecule has 0 aromatic heterocycles. The molecule has 0 radical (unpaired) electrons. The average Bonchev–Trinajstić information content (AvgIpc) is 2.61. The zero-order valence-electron chi connectivity index (χ0n) is 16.0. The molecule has 0 unspecified atom stereocenters. The zero-order chi connectivity index (χ0) is 19.7. The van der Waals surface area contributed by atoms with Gasteiger partial charge in [-0.25, -0.2) is 16.8 Å². The number of piperidine rings is 1. The highest BCUT2D eigenvalue weighted by Crippen LogP contribution is 2.23. The zero-order valence-corrected chi connectivity index (χ0v) is 17.7. The summed E-state index contributed by atoms with van der Waals surface area (Å²) in [4.78, 5) is 5.14. The lowest BCUT2D eigenvalue weighted by Crippen LogP contribution is -2.54. The summed E-state index contributed by atoms with van der Waals surface area (Å²) in [5.74, 6) is 0. The summed E-state index contributed by atoms with van der Waals surface area (Å²) in [5.41, 5.74) is 0.861. The van der Waals surface area contributed by atoms with E-state index in [0.29, 0.717) is 30.6 Å². The second-order valence-corrected chi connectivity index (χ2v) is 11.6. The summed E-state index contributed by atoms with van der Waals surface area (Å²) in [6, 6.07) is 7.71. The smallest absolute Gasteiger partial charge is 0.211 e. The lowest BCUT2D eigenvalue weighted by molar-refractivity contribution is 0.0785. The molecule has 7 nitrogen and oxygen atoms in total. The molecule has 2 aliphatic rings. The van der Waals surface area contributed by atoms with Crippen LogP contribution in [0.25, 0.3) is 0 Å². The molecule has 152 valence electrons. The van der Waals surface area contributed by atoms with E-state index in [1.165, 1.54) is 12.5 Å². The molecular weight excluding hydrogens is 386 g/mol. The van der Waals surface area contributed by atoms with Crippen molar-refractivity contribution in [3.8, 4) is 0 Å². The highest BCUT2D eigenvalue weighted by Gasteiger charge is 2.30. The molecule has 0 aliphatic carbocycles. The van der Waals surface area contributed by atoms with Crippen LogP contribution in [0.15, 0.2) is 29.2 Å². The van der Waals surface area contributed by atoms with Gasteiger partial charge < -0.3 is 0 Å². The van der Waals surface area contributed by atoms with E-state index in [2.05, 4.69) is 9.80 Å². The molecule has 2 saturated heterocycles. The maximum atomic E-state index is 12.0. The van der Waals surface area contributed by atoms with Gasteiger partial charge in [0.1, 0.15) is 0 Å². The first kappa shape index (κ1) is 20.7. The summed E-state index contributed by atoms with van der Waals surface area (Å²) in [6.45, 7) is 5.22. The lowest BCUT2D eigenvalue weighted by atomic mass is 10.0. The number of rotatable bonds is 5. The average molecular weight is 416 g/mol. The van der Waals surface area contributed by atoms with Crippen molar-refractivity contribution in [2.24, 2.45) is 0 Å². The third-order valence-electron chi connectivity index (χ3n) is 5.58. The Morgan fingerprint density at radius 3 is 2.04 bits per heavy atom. The van der Waals surface area contributed by atoms with Crippen LogP contribution in [0.5, 0.6) is 0 Å². The number of hydrogen-bond acceptors (Lipinski definition) is 6. The number of sulfone groups is 1. The Bertz CT molecular complexity index is 854. The maximum absolute atomic E-state index is 12.0. The number of hydrogen-bond donors (Lipinski definition) is 0. The first-order valence-corrected chi connectivity index (χ1v) is 13.1. The van der Waals surface area contributed by atoms with Crippen LogP contribution in [0, 0.1) is 0 Å². The second-order valence-electron chi connectivity index (χ2n) is 7.59. The summed E-state index contributed by atoms with van der Waals surface area (Å²) < 4.78 is 48.8. The molecule has 0 amide bonds. The van der Waals surface area contributed by atoms with Crippen LogP contribution < -0.4 is 0 Å². The van der Waals surface area contributed by atoms with Crippen molar-refractivity contribution in [2.75, 3.05) is 51.8 Å². The minimum absolute atomic E-state index is 0.420. The molecule has 2 fully saturated rings. The topological polar surface area (TPSA) is 78.0 Å². The Morgan fingerprint density at radius 2 is 1.48 bits per heavy atom. The monoisotopic (exact) mass is 415 g/mol. The number of sulfonamides is 1. The van der Waals surface area contributed by atoms with E-state index < -0.39 is 19.9 Å². The highest BCUT2D eigenvalue weighted by atomic mass is 32.2. The van der Waals surface area contributed by atoms with Crippen molar-refractivity contribution in [1.82, 2.24) is 14.1 Å². The molecule has 0 saturated carbocycles. The van der Waals surface area contributed by atoms with Gasteiger partial charge >= 0.3 is 0 Å². The number of likely N-dealkylation sites (tertiary alicyclic amines) is 1. The molecule has 27 heavy (non-hydrogen) atoms. The largest absolute Gasteiger partial charge is 0.299 e. The molecule has 0 N–H and O–H groups in total. The van der Waals surface area contributed by atoms with Crippen molar-refractivity contribution in [2.45, 2.75) is 30.3 Å². The Morgan fingerprint density at radius 1 is 0.889 bits per heavy atom. The fraction of sp³-hybridized carbons (Fsp3) is 0.667. The number of piperazine rings is 1. The summed E-state index contributed by atoms with van der Waals surface area (Å²) in [5, 5.41) is 0. The normalized spacial score (nSPS) is 22.1. The lowest BCUT2D eigenvalue weighted by Gasteiger charge is -2.42. The van der Waals surface area contributed by atoms with E-state index in [0.717, 1.165) is 44.6 Å². The molecule has 3 rings (SSSR count). The van der Waals surface area contributed by atoms with Crippen LogP contribution in [0.2, 0.25) is 0 Å². The first-order valence-electron chi connectivity index (χ1n) is 9.34. The second kappa shape index (κ2) is 8.16. The SMILES string of the molecule is CS(=O)(=O)c1ccccc1CN1CCC(N2CCN(S(C)(=O)=O)CC2)CC1. The van der Waals surface area contributed by atoms with Gasteiger partial charge in [-0.2, -0.15) is 4.31 Å². The first-order chi connectivity index (χ1) is 12.6. The Labute approximate surface area is 162 Å². The molecule has 2 aliphatic heterocycles. The highest BCUT2D eigenvalue weighted by molar-refractivity contribution is 7.90. The third kappa shape index (κ3) is 5.29. The van der Waals surface area contributed by atoms with Crippen LogP contribution >= 0.6 is 0 Å². The summed E-state index contributed by atoms with van der Waals surface area (Å²) in [7, 11) is -6.31. The standard InChI is InChI=1S/C18H29N3O4S2/c1-26(22,23)18-6-4-3-5-16(18)15-19-9-7-17(8-10-19)20-11-13-21(14-12-20)27(2,24)25/h3-6,17H,7-15H2,1-2H3. The van der Waals surface area contributed by atoms with Gasteiger partial charge in [-0.1, -0.05) is 18.2 Å². The minimum atomic E-state index is -3.22. The summed E-state index contributed by atoms with van der Waals surface area (Å²) in [6.07, 6.45) is 4.59. The van der Waals surface area contributed by atoms with Crippen LogP contribution in [0.3, 0.4) is 0 Å². The molecule has 2 heterocycles. The van der Waals surface area contributed by atoms with E-state index in [9.17, 15) is 16.8 Å². The quantitative estimate of drug-likeness (QED) is 0.702. The van der Waals surface area contributed by atoms with Gasteiger partial charge in [-0.05, 0) is 37.6 Å². The molecule has 0 spiro atoms. The van der Waals surface area contributed by atoms with Gasteiger partial charge in [0.25, 0.3) is 0 Å². The number of benzene rings is 1. The fourth-order valence-electron chi connectivity index (χ4n) is 4.08. The van der Waals surface area contributed by atoms with Gasteiger partial charge in [0.05, 0.1) is 11.2 Å². The van der Waals surface area contributed by atoms with Crippen molar-refractivity contribution >= 4 is 19.9 Å². The van der Waals surface area contributed by atoms with Gasteiger partial charge in [-0.3, -0.25) is 9.80 Å². The van der Waals surface area contributed by atoms with Crippen molar-refractivity contribution in [1.29, 1.82) is 0 Å². The maximum Gasteiger partial charge on any atom is 0.211 e. The van der Waals surface area contributed by atoms with Gasteiger partial charge in [0.15, 0.2) is 9.84 Å². The molecule has 9 heteroatoms. The number of nitrogens with zero attached hydrogens (tertiary/aromatic N) is 3. The van der Waals surface area contributed by atoms with E-state index >= 15 is 0 Å². The van der Waals surface area contributed by atoms with Crippen LogP contribution in [0.1, 0.15) is 18.4 Å². The van der Waals surface area contributed by atoms with E-state index in [-0.39, 0.29) is 0 Å². The predicted molar refractivity (Wildman–Crippen MR) is 106 cm³/mol. The van der Waals surface area contributed by atoms with Crippen LogP contribution in [0.4, 0.5) is 0 Å². The molecule has 0 atom stereocenters. The third-order valence-corrected chi connectivity index (χ3v) is 8.08. The summed E-state index contributed by atoms with van der Waals surface area (Å²) >= 11 is 0. The Balaban J connectivity index is 1.53.